The summed E-state index contributed by atoms with van der Waals surface area (Å²) in [5.74, 6) is -0.144. The van der Waals surface area contributed by atoms with Gasteiger partial charge in [0.2, 0.25) is 0 Å². The van der Waals surface area contributed by atoms with E-state index >= 15 is 0 Å². The zero-order valence-corrected chi connectivity index (χ0v) is 13.9. The van der Waals surface area contributed by atoms with Crippen molar-refractivity contribution in [2.45, 2.75) is 59.5 Å². The van der Waals surface area contributed by atoms with Crippen LogP contribution in [0.3, 0.4) is 0 Å². The van der Waals surface area contributed by atoms with E-state index in [4.69, 9.17) is 0 Å². The number of hydrogen-bond donors (Lipinski definition) is 1. The Morgan fingerprint density at radius 1 is 1.29 bits per heavy atom. The molecule has 1 heterocycles. The molecular formula is C18H29FN2. The molecule has 1 aliphatic rings. The molecule has 1 saturated heterocycles. The van der Waals surface area contributed by atoms with Gasteiger partial charge >= 0.3 is 0 Å². The third kappa shape index (κ3) is 4.19. The molecule has 0 saturated carbocycles. The highest BCUT2D eigenvalue weighted by molar-refractivity contribution is 5.54. The van der Waals surface area contributed by atoms with E-state index in [1.807, 2.05) is 6.07 Å². The van der Waals surface area contributed by atoms with Gasteiger partial charge in [0.25, 0.3) is 0 Å². The van der Waals surface area contributed by atoms with Crippen LogP contribution in [-0.4, -0.2) is 19.1 Å². The molecule has 0 amide bonds. The van der Waals surface area contributed by atoms with E-state index in [-0.39, 0.29) is 5.82 Å². The summed E-state index contributed by atoms with van der Waals surface area (Å²) in [4.78, 5) is 2.42. The molecule has 1 aromatic rings. The highest BCUT2D eigenvalue weighted by Gasteiger charge is 2.29. The summed E-state index contributed by atoms with van der Waals surface area (Å²) in [5.41, 5.74) is 2.75. The lowest BCUT2D eigenvalue weighted by atomic mass is 9.78. The summed E-state index contributed by atoms with van der Waals surface area (Å²) in [7, 11) is 0. The van der Waals surface area contributed by atoms with Crippen molar-refractivity contribution in [2.24, 2.45) is 5.41 Å². The van der Waals surface area contributed by atoms with Crippen molar-refractivity contribution in [2.75, 3.05) is 18.0 Å². The van der Waals surface area contributed by atoms with Gasteiger partial charge in [-0.05, 0) is 42.0 Å². The van der Waals surface area contributed by atoms with Crippen LogP contribution in [0.2, 0.25) is 0 Å². The number of anilines is 1. The van der Waals surface area contributed by atoms with Gasteiger partial charge < -0.3 is 10.2 Å². The molecular weight excluding hydrogens is 263 g/mol. The Balaban J connectivity index is 2.12. The Morgan fingerprint density at radius 2 is 1.95 bits per heavy atom. The van der Waals surface area contributed by atoms with Gasteiger partial charge in [0, 0.05) is 31.4 Å². The number of nitrogens with zero attached hydrogens (tertiary/aromatic N) is 1. The minimum absolute atomic E-state index is 0.144. The van der Waals surface area contributed by atoms with Crippen LogP contribution in [0.5, 0.6) is 0 Å². The molecule has 0 spiro atoms. The molecule has 0 aliphatic carbocycles. The average molecular weight is 292 g/mol. The second kappa shape index (κ2) is 6.78. The first-order chi connectivity index (χ1) is 9.93. The molecule has 21 heavy (non-hydrogen) atoms. The van der Waals surface area contributed by atoms with Crippen molar-refractivity contribution in [3.63, 3.8) is 0 Å². The van der Waals surface area contributed by atoms with Crippen LogP contribution >= 0.6 is 0 Å². The Bertz CT molecular complexity index is 462. The lowest BCUT2D eigenvalue weighted by Gasteiger charge is -2.40. The lowest BCUT2D eigenvalue weighted by Crippen LogP contribution is -2.39. The number of rotatable bonds is 5. The minimum Gasteiger partial charge on any atom is -0.371 e. The molecule has 2 nitrogen and oxygen atoms in total. The van der Waals surface area contributed by atoms with Gasteiger partial charge in [-0.15, -0.1) is 0 Å². The van der Waals surface area contributed by atoms with Crippen LogP contribution in [0.25, 0.3) is 0 Å². The average Bonchev–Trinajstić information content (AvgIpc) is 2.46. The monoisotopic (exact) mass is 292 g/mol. The van der Waals surface area contributed by atoms with Crippen LogP contribution in [0.1, 0.15) is 52.5 Å². The Hall–Kier alpha value is -1.09. The number of hydrogen-bond acceptors (Lipinski definition) is 2. The van der Waals surface area contributed by atoms with Gasteiger partial charge in [-0.1, -0.05) is 34.1 Å². The van der Waals surface area contributed by atoms with Crippen LogP contribution in [0.4, 0.5) is 10.1 Å². The first-order valence-electron chi connectivity index (χ1n) is 8.20. The molecule has 0 bridgehead atoms. The van der Waals surface area contributed by atoms with Gasteiger partial charge in [-0.25, -0.2) is 4.39 Å². The Labute approximate surface area is 128 Å². The summed E-state index contributed by atoms with van der Waals surface area (Å²) < 4.78 is 13.6. The normalized spacial score (nSPS) is 18.3. The second-order valence-corrected chi connectivity index (χ2v) is 6.96. The van der Waals surface area contributed by atoms with Crippen molar-refractivity contribution < 1.29 is 4.39 Å². The third-order valence-corrected chi connectivity index (χ3v) is 4.91. The van der Waals surface area contributed by atoms with E-state index in [1.54, 1.807) is 12.1 Å². The molecule has 3 heteroatoms. The summed E-state index contributed by atoms with van der Waals surface area (Å²) >= 11 is 0. The third-order valence-electron chi connectivity index (χ3n) is 4.91. The lowest BCUT2D eigenvalue weighted by molar-refractivity contribution is 0.238. The first-order valence-corrected chi connectivity index (χ1v) is 8.20. The van der Waals surface area contributed by atoms with Gasteiger partial charge in [0.05, 0.1) is 0 Å². The fourth-order valence-corrected chi connectivity index (χ4v) is 2.96. The van der Waals surface area contributed by atoms with E-state index < -0.39 is 0 Å². The first kappa shape index (κ1) is 16.3. The van der Waals surface area contributed by atoms with Crippen molar-refractivity contribution in [3.05, 3.63) is 29.6 Å². The maximum Gasteiger partial charge on any atom is 0.123 e. The minimum atomic E-state index is -0.144. The number of nitrogens with one attached hydrogen (secondary N) is 1. The zero-order chi connectivity index (χ0) is 15.5. The largest absolute Gasteiger partial charge is 0.371 e. The van der Waals surface area contributed by atoms with E-state index in [0.29, 0.717) is 11.5 Å². The van der Waals surface area contributed by atoms with Crippen molar-refractivity contribution >= 4 is 5.69 Å². The highest BCUT2D eigenvalue weighted by atomic mass is 19.1. The van der Waals surface area contributed by atoms with Crippen molar-refractivity contribution in [1.82, 2.24) is 5.32 Å². The predicted octanol–water partition coefficient (Wildman–Crippen LogP) is 4.34. The summed E-state index contributed by atoms with van der Waals surface area (Å²) in [6.07, 6.45) is 3.68. The molecule has 0 aromatic heterocycles. The quantitative estimate of drug-likeness (QED) is 0.868. The molecule has 0 unspecified atom stereocenters. The van der Waals surface area contributed by atoms with Gasteiger partial charge in [0.1, 0.15) is 5.82 Å². The molecule has 1 aliphatic heterocycles. The zero-order valence-electron chi connectivity index (χ0n) is 13.9. The maximum absolute atomic E-state index is 13.6. The van der Waals surface area contributed by atoms with Crippen LogP contribution in [-0.2, 0) is 6.54 Å². The molecule has 0 atom stereocenters. The SMILES string of the molecule is CCC1(C)CCN(c2ccc(F)cc2CNC(C)C)CC1. The molecule has 1 fully saturated rings. The Morgan fingerprint density at radius 3 is 2.52 bits per heavy atom. The number of benzene rings is 1. The van der Waals surface area contributed by atoms with Crippen molar-refractivity contribution in [1.29, 1.82) is 0 Å². The number of halogens is 1. The standard InChI is InChI=1S/C18H29FN2/c1-5-18(4)8-10-21(11-9-18)17-7-6-16(19)12-15(17)13-20-14(2)3/h6-7,12,14,20H,5,8-11,13H2,1-4H3. The summed E-state index contributed by atoms with van der Waals surface area (Å²) in [6, 6.07) is 5.62. The van der Waals surface area contributed by atoms with Crippen molar-refractivity contribution in [3.8, 4) is 0 Å². The van der Waals surface area contributed by atoms with Gasteiger partial charge in [-0.2, -0.15) is 0 Å². The van der Waals surface area contributed by atoms with E-state index in [9.17, 15) is 4.39 Å². The maximum atomic E-state index is 13.6. The molecule has 118 valence electrons. The summed E-state index contributed by atoms with van der Waals surface area (Å²) in [6.45, 7) is 11.8. The molecule has 1 N–H and O–H groups in total. The molecule has 2 rings (SSSR count). The fraction of sp³-hybridized carbons (Fsp3) is 0.667. The highest BCUT2D eigenvalue weighted by Crippen LogP contribution is 2.36. The predicted molar refractivity (Wildman–Crippen MR) is 88.2 cm³/mol. The Kier molecular flexibility index (Phi) is 5.26. The smallest absolute Gasteiger partial charge is 0.123 e. The second-order valence-electron chi connectivity index (χ2n) is 6.96. The van der Waals surface area contributed by atoms with Gasteiger partial charge in [0.15, 0.2) is 0 Å². The topological polar surface area (TPSA) is 15.3 Å². The van der Waals surface area contributed by atoms with Crippen LogP contribution in [0, 0.1) is 11.2 Å². The van der Waals surface area contributed by atoms with E-state index in [2.05, 4.69) is 37.9 Å². The number of piperidine rings is 1. The summed E-state index contributed by atoms with van der Waals surface area (Å²) in [5, 5.41) is 3.40. The van der Waals surface area contributed by atoms with E-state index in [0.717, 1.165) is 25.2 Å². The van der Waals surface area contributed by atoms with Gasteiger partial charge in [-0.3, -0.25) is 0 Å². The molecule has 0 radical (unpaired) electrons. The fourth-order valence-electron chi connectivity index (χ4n) is 2.96. The van der Waals surface area contributed by atoms with Crippen LogP contribution < -0.4 is 10.2 Å². The van der Waals surface area contributed by atoms with E-state index in [1.165, 1.54) is 24.9 Å². The van der Waals surface area contributed by atoms with Crippen LogP contribution in [0.15, 0.2) is 18.2 Å². The molecule has 1 aromatic carbocycles.